The maximum atomic E-state index is 12.2. The first-order valence-electron chi connectivity index (χ1n) is 10.8. The summed E-state index contributed by atoms with van der Waals surface area (Å²) >= 11 is 1.82. The highest BCUT2D eigenvalue weighted by Crippen LogP contribution is 2.27. The van der Waals surface area contributed by atoms with Gasteiger partial charge in [-0.25, -0.2) is 0 Å². The quantitative estimate of drug-likeness (QED) is 0.424. The third kappa shape index (κ3) is 6.31. The molecule has 0 spiro atoms. The molecule has 1 aliphatic heterocycles. The Labute approximate surface area is 183 Å². The first kappa shape index (κ1) is 22.3. The van der Waals surface area contributed by atoms with Crippen LogP contribution in [0.25, 0.3) is 0 Å². The van der Waals surface area contributed by atoms with Crippen LogP contribution in [0, 0.1) is 0 Å². The number of benzene rings is 1. The van der Waals surface area contributed by atoms with Gasteiger partial charge in [0.15, 0.2) is 5.96 Å². The average molecular weight is 428 g/mol. The molecule has 0 saturated carbocycles. The molecule has 30 heavy (non-hydrogen) atoms. The molecule has 0 aliphatic carbocycles. The van der Waals surface area contributed by atoms with E-state index in [1.165, 1.54) is 17.7 Å². The number of carbonyl (C=O) groups excluding carboxylic acids is 1. The summed E-state index contributed by atoms with van der Waals surface area (Å²) in [5, 5.41) is 11.9. The molecule has 1 atom stereocenters. The molecule has 162 valence electrons. The van der Waals surface area contributed by atoms with E-state index in [2.05, 4.69) is 43.4 Å². The van der Waals surface area contributed by atoms with E-state index in [0.29, 0.717) is 24.7 Å². The predicted molar refractivity (Wildman–Crippen MR) is 125 cm³/mol. The average Bonchev–Trinajstić information content (AvgIpc) is 3.49. The van der Waals surface area contributed by atoms with E-state index in [-0.39, 0.29) is 5.91 Å². The SMILES string of the molecule is CCCNC(=O)c1cccc(CNC(=NC)NCC(c2cccs2)N2CCCC2)c1. The highest BCUT2D eigenvalue weighted by Gasteiger charge is 2.24. The lowest BCUT2D eigenvalue weighted by atomic mass is 10.1. The molecular formula is C23H33N5OS. The largest absolute Gasteiger partial charge is 0.354 e. The van der Waals surface area contributed by atoms with Crippen LogP contribution in [-0.4, -0.2) is 50.0 Å². The van der Waals surface area contributed by atoms with Gasteiger partial charge in [0.2, 0.25) is 0 Å². The van der Waals surface area contributed by atoms with Crippen molar-refractivity contribution in [1.82, 2.24) is 20.9 Å². The molecule has 1 aromatic heterocycles. The maximum Gasteiger partial charge on any atom is 0.251 e. The van der Waals surface area contributed by atoms with Crippen molar-refractivity contribution in [3.8, 4) is 0 Å². The van der Waals surface area contributed by atoms with Crippen LogP contribution in [-0.2, 0) is 6.54 Å². The second kappa shape index (κ2) is 11.7. The van der Waals surface area contributed by atoms with Gasteiger partial charge in [-0.05, 0) is 61.5 Å². The van der Waals surface area contributed by atoms with Crippen LogP contribution < -0.4 is 16.0 Å². The number of aliphatic imine (C=N–C) groups is 1. The zero-order chi connectivity index (χ0) is 21.2. The fraction of sp³-hybridized carbons (Fsp3) is 0.478. The molecule has 1 amide bonds. The number of likely N-dealkylation sites (tertiary alicyclic amines) is 1. The van der Waals surface area contributed by atoms with Gasteiger partial charge in [0.05, 0.1) is 6.04 Å². The van der Waals surface area contributed by atoms with Crippen LogP contribution in [0.4, 0.5) is 0 Å². The molecule has 6 nitrogen and oxygen atoms in total. The Morgan fingerprint density at radius 1 is 1.17 bits per heavy atom. The van der Waals surface area contributed by atoms with Gasteiger partial charge in [0, 0.05) is 37.1 Å². The Bertz CT molecular complexity index is 815. The monoisotopic (exact) mass is 427 g/mol. The Morgan fingerprint density at radius 2 is 2.00 bits per heavy atom. The van der Waals surface area contributed by atoms with E-state index >= 15 is 0 Å². The summed E-state index contributed by atoms with van der Waals surface area (Å²) in [6, 6.07) is 12.5. The standard InChI is InChI=1S/C23H33N5OS/c1-3-11-25-22(29)19-9-6-8-18(15-19)16-26-23(24-2)27-17-20(21-10-7-14-30-21)28-12-4-5-13-28/h6-10,14-15,20H,3-5,11-13,16-17H2,1-2H3,(H,25,29)(H2,24,26,27). The zero-order valence-electron chi connectivity index (χ0n) is 18.0. The zero-order valence-corrected chi connectivity index (χ0v) is 18.8. The highest BCUT2D eigenvalue weighted by atomic mass is 32.1. The van der Waals surface area contributed by atoms with E-state index in [9.17, 15) is 4.79 Å². The minimum atomic E-state index is -0.0226. The number of guanidine groups is 1. The van der Waals surface area contributed by atoms with Crippen molar-refractivity contribution in [2.75, 3.05) is 33.2 Å². The molecule has 1 saturated heterocycles. The number of hydrogen-bond acceptors (Lipinski definition) is 4. The van der Waals surface area contributed by atoms with E-state index in [0.717, 1.165) is 37.6 Å². The second-order valence-electron chi connectivity index (χ2n) is 7.54. The van der Waals surface area contributed by atoms with Crippen LogP contribution in [0.3, 0.4) is 0 Å². The summed E-state index contributed by atoms with van der Waals surface area (Å²) < 4.78 is 0. The Kier molecular flexibility index (Phi) is 8.71. The summed E-state index contributed by atoms with van der Waals surface area (Å²) in [6.45, 7) is 6.49. The van der Waals surface area contributed by atoms with E-state index in [1.54, 1.807) is 7.05 Å². The fourth-order valence-electron chi connectivity index (χ4n) is 3.71. The normalized spacial score (nSPS) is 15.7. The molecule has 0 bridgehead atoms. The lowest BCUT2D eigenvalue weighted by molar-refractivity contribution is 0.0953. The molecule has 7 heteroatoms. The smallest absolute Gasteiger partial charge is 0.251 e. The number of carbonyl (C=O) groups is 1. The first-order valence-corrected chi connectivity index (χ1v) is 11.7. The molecule has 0 radical (unpaired) electrons. The van der Waals surface area contributed by atoms with Gasteiger partial charge >= 0.3 is 0 Å². The van der Waals surface area contributed by atoms with Gasteiger partial charge < -0.3 is 16.0 Å². The summed E-state index contributed by atoms with van der Waals surface area (Å²) in [4.78, 5) is 20.5. The van der Waals surface area contributed by atoms with Crippen LogP contribution in [0.15, 0.2) is 46.8 Å². The first-order chi connectivity index (χ1) is 14.7. The van der Waals surface area contributed by atoms with Crippen LogP contribution >= 0.6 is 11.3 Å². The van der Waals surface area contributed by atoms with Crippen molar-refractivity contribution in [2.24, 2.45) is 4.99 Å². The van der Waals surface area contributed by atoms with Crippen LogP contribution in [0.1, 0.15) is 53.0 Å². The maximum absolute atomic E-state index is 12.2. The molecular weight excluding hydrogens is 394 g/mol. The lowest BCUT2D eigenvalue weighted by Gasteiger charge is -2.27. The van der Waals surface area contributed by atoms with Crippen molar-refractivity contribution >= 4 is 23.2 Å². The van der Waals surface area contributed by atoms with Crippen molar-refractivity contribution < 1.29 is 4.79 Å². The van der Waals surface area contributed by atoms with Gasteiger partial charge in [0.1, 0.15) is 0 Å². The molecule has 1 aliphatic rings. The van der Waals surface area contributed by atoms with E-state index in [1.807, 2.05) is 42.5 Å². The highest BCUT2D eigenvalue weighted by molar-refractivity contribution is 7.10. The molecule has 3 rings (SSSR count). The lowest BCUT2D eigenvalue weighted by Crippen LogP contribution is -2.42. The van der Waals surface area contributed by atoms with Crippen LogP contribution in [0.2, 0.25) is 0 Å². The molecule has 1 aromatic carbocycles. The minimum Gasteiger partial charge on any atom is -0.354 e. The third-order valence-electron chi connectivity index (χ3n) is 5.32. The number of hydrogen-bond donors (Lipinski definition) is 3. The predicted octanol–water partition coefficient (Wildman–Crippen LogP) is 3.39. The van der Waals surface area contributed by atoms with E-state index in [4.69, 9.17) is 0 Å². The topological polar surface area (TPSA) is 68.8 Å². The Hall–Kier alpha value is -2.38. The Balaban J connectivity index is 1.55. The van der Waals surface area contributed by atoms with Gasteiger partial charge in [0.25, 0.3) is 5.91 Å². The fourth-order valence-corrected chi connectivity index (χ4v) is 4.57. The minimum absolute atomic E-state index is 0.0226. The summed E-state index contributed by atoms with van der Waals surface area (Å²) in [6.07, 6.45) is 3.48. The Morgan fingerprint density at radius 3 is 2.70 bits per heavy atom. The second-order valence-corrected chi connectivity index (χ2v) is 8.52. The van der Waals surface area contributed by atoms with E-state index < -0.39 is 0 Å². The number of rotatable bonds is 9. The van der Waals surface area contributed by atoms with Crippen molar-refractivity contribution in [3.05, 3.63) is 57.8 Å². The van der Waals surface area contributed by atoms with Crippen molar-refractivity contribution in [3.63, 3.8) is 0 Å². The van der Waals surface area contributed by atoms with Gasteiger partial charge in [-0.1, -0.05) is 25.1 Å². The van der Waals surface area contributed by atoms with Gasteiger partial charge in [-0.2, -0.15) is 0 Å². The number of nitrogens with zero attached hydrogens (tertiary/aromatic N) is 2. The molecule has 1 fully saturated rings. The molecule has 3 N–H and O–H groups in total. The van der Waals surface area contributed by atoms with Crippen molar-refractivity contribution in [1.29, 1.82) is 0 Å². The van der Waals surface area contributed by atoms with Gasteiger partial charge in [-0.15, -0.1) is 11.3 Å². The summed E-state index contributed by atoms with van der Waals surface area (Å²) in [5.41, 5.74) is 1.74. The van der Waals surface area contributed by atoms with Crippen molar-refractivity contribution in [2.45, 2.75) is 38.8 Å². The van der Waals surface area contributed by atoms with Crippen LogP contribution in [0.5, 0.6) is 0 Å². The number of amides is 1. The molecule has 1 unspecified atom stereocenters. The molecule has 2 aromatic rings. The third-order valence-corrected chi connectivity index (χ3v) is 6.30. The molecule has 2 heterocycles. The summed E-state index contributed by atoms with van der Waals surface area (Å²) in [7, 11) is 1.79. The summed E-state index contributed by atoms with van der Waals surface area (Å²) in [5.74, 6) is 0.752. The number of thiophene rings is 1. The van der Waals surface area contributed by atoms with Gasteiger partial charge in [-0.3, -0.25) is 14.7 Å². The number of nitrogens with one attached hydrogen (secondary N) is 3.